The monoisotopic (exact) mass is 248 g/mol. The molecule has 1 aliphatic carbocycles. The number of hydrogen-bond acceptors (Lipinski definition) is 4. The van der Waals surface area contributed by atoms with Crippen molar-refractivity contribution >= 4 is 5.82 Å². The van der Waals surface area contributed by atoms with Gasteiger partial charge >= 0.3 is 0 Å². The quantitative estimate of drug-likeness (QED) is 0.838. The van der Waals surface area contributed by atoms with E-state index in [4.69, 9.17) is 0 Å². The van der Waals surface area contributed by atoms with Crippen molar-refractivity contribution in [2.45, 2.75) is 52.1 Å². The van der Waals surface area contributed by atoms with Gasteiger partial charge in [0.2, 0.25) is 0 Å². The van der Waals surface area contributed by atoms with Crippen LogP contribution in [0.5, 0.6) is 0 Å². The van der Waals surface area contributed by atoms with E-state index in [1.54, 1.807) is 0 Å². The normalized spacial score (nSPS) is 16.9. The van der Waals surface area contributed by atoms with E-state index >= 15 is 0 Å². The minimum absolute atomic E-state index is 0.540. The molecule has 4 heteroatoms. The molecule has 0 amide bonds. The van der Waals surface area contributed by atoms with Crippen LogP contribution in [0.15, 0.2) is 6.07 Å². The summed E-state index contributed by atoms with van der Waals surface area (Å²) < 4.78 is 0. The Morgan fingerprint density at radius 1 is 1.44 bits per heavy atom. The molecule has 0 aliphatic heterocycles. The summed E-state index contributed by atoms with van der Waals surface area (Å²) in [7, 11) is 2.21. The number of hydrogen-bond donors (Lipinski definition) is 1. The van der Waals surface area contributed by atoms with Crippen LogP contribution < -0.4 is 5.32 Å². The van der Waals surface area contributed by atoms with Crippen LogP contribution in [0.2, 0.25) is 0 Å². The van der Waals surface area contributed by atoms with E-state index in [2.05, 4.69) is 47.1 Å². The van der Waals surface area contributed by atoms with Crippen molar-refractivity contribution in [1.29, 1.82) is 0 Å². The molecule has 0 bridgehead atoms. The molecule has 18 heavy (non-hydrogen) atoms. The Labute approximate surface area is 110 Å². The van der Waals surface area contributed by atoms with Crippen molar-refractivity contribution in [2.75, 3.05) is 18.9 Å². The maximum absolute atomic E-state index is 4.43. The van der Waals surface area contributed by atoms with Gasteiger partial charge in [0.1, 0.15) is 11.6 Å². The van der Waals surface area contributed by atoms with Crippen molar-refractivity contribution in [3.63, 3.8) is 0 Å². The van der Waals surface area contributed by atoms with Gasteiger partial charge in [-0.15, -0.1) is 0 Å². The zero-order valence-corrected chi connectivity index (χ0v) is 11.9. The van der Waals surface area contributed by atoms with Gasteiger partial charge < -0.3 is 5.32 Å². The summed E-state index contributed by atoms with van der Waals surface area (Å²) in [6.07, 6.45) is 3.66. The van der Waals surface area contributed by atoms with Gasteiger partial charge in [0.15, 0.2) is 0 Å². The number of nitrogens with zero attached hydrogens (tertiary/aromatic N) is 3. The predicted octanol–water partition coefficient (Wildman–Crippen LogP) is 2.24. The minimum atomic E-state index is 0.540. The third-order valence-electron chi connectivity index (χ3n) is 3.65. The van der Waals surface area contributed by atoms with Crippen LogP contribution >= 0.6 is 0 Å². The van der Waals surface area contributed by atoms with Gasteiger partial charge in [0.05, 0.1) is 0 Å². The maximum atomic E-state index is 4.43. The topological polar surface area (TPSA) is 41.0 Å². The zero-order valence-electron chi connectivity index (χ0n) is 11.9. The third-order valence-corrected chi connectivity index (χ3v) is 3.65. The van der Waals surface area contributed by atoms with Gasteiger partial charge in [-0.3, -0.25) is 4.90 Å². The fourth-order valence-corrected chi connectivity index (χ4v) is 2.14. The first-order chi connectivity index (χ1) is 8.60. The van der Waals surface area contributed by atoms with Gasteiger partial charge in [0, 0.05) is 30.4 Å². The standard InChI is InChI=1S/C14H24N4/c1-5-12-8-14(17-11(3)16-12)15-9-10(2)18(4)13-6-7-13/h8,10,13H,5-7,9H2,1-4H3,(H,15,16,17). The van der Waals surface area contributed by atoms with E-state index < -0.39 is 0 Å². The smallest absolute Gasteiger partial charge is 0.129 e. The summed E-state index contributed by atoms with van der Waals surface area (Å²) in [5, 5.41) is 3.43. The Balaban J connectivity index is 1.90. The van der Waals surface area contributed by atoms with Crippen LogP contribution in [-0.4, -0.2) is 40.5 Å². The second-order valence-electron chi connectivity index (χ2n) is 5.27. The maximum Gasteiger partial charge on any atom is 0.129 e. The Hall–Kier alpha value is -1.16. The summed E-state index contributed by atoms with van der Waals surface area (Å²) in [4.78, 5) is 11.3. The average Bonchev–Trinajstić information content (AvgIpc) is 3.18. The fourth-order valence-electron chi connectivity index (χ4n) is 2.14. The predicted molar refractivity (Wildman–Crippen MR) is 74.9 cm³/mol. The van der Waals surface area contributed by atoms with Gasteiger partial charge in [-0.1, -0.05) is 6.92 Å². The highest BCUT2D eigenvalue weighted by molar-refractivity contribution is 5.36. The highest BCUT2D eigenvalue weighted by atomic mass is 15.2. The van der Waals surface area contributed by atoms with Crippen LogP contribution in [0.4, 0.5) is 5.82 Å². The molecule has 4 nitrogen and oxygen atoms in total. The van der Waals surface area contributed by atoms with Gasteiger partial charge in [-0.05, 0) is 40.2 Å². The molecule has 100 valence electrons. The number of rotatable bonds is 6. The fraction of sp³-hybridized carbons (Fsp3) is 0.714. The van der Waals surface area contributed by atoms with Crippen molar-refractivity contribution in [3.8, 4) is 0 Å². The Bertz CT molecular complexity index is 401. The van der Waals surface area contributed by atoms with E-state index in [-0.39, 0.29) is 0 Å². The molecule has 0 spiro atoms. The van der Waals surface area contributed by atoms with Crippen LogP contribution in [0, 0.1) is 6.92 Å². The molecule has 2 rings (SSSR count). The van der Waals surface area contributed by atoms with Gasteiger partial charge in [-0.2, -0.15) is 0 Å². The van der Waals surface area contributed by atoms with Crippen molar-refractivity contribution in [1.82, 2.24) is 14.9 Å². The lowest BCUT2D eigenvalue weighted by Crippen LogP contribution is -2.36. The molecule has 1 saturated carbocycles. The van der Waals surface area contributed by atoms with E-state index in [1.165, 1.54) is 12.8 Å². The Morgan fingerprint density at radius 2 is 2.17 bits per heavy atom. The molecule has 1 atom stereocenters. The summed E-state index contributed by atoms with van der Waals surface area (Å²) >= 11 is 0. The van der Waals surface area contributed by atoms with Crippen LogP contribution in [-0.2, 0) is 6.42 Å². The molecule has 1 N–H and O–H groups in total. The average molecular weight is 248 g/mol. The number of aryl methyl sites for hydroxylation is 2. The first-order valence-corrected chi connectivity index (χ1v) is 6.90. The lowest BCUT2D eigenvalue weighted by Gasteiger charge is -2.24. The van der Waals surface area contributed by atoms with Gasteiger partial charge in [0.25, 0.3) is 0 Å². The minimum Gasteiger partial charge on any atom is -0.368 e. The second kappa shape index (κ2) is 5.65. The number of nitrogens with one attached hydrogen (secondary N) is 1. The molecule has 0 radical (unpaired) electrons. The van der Waals surface area contributed by atoms with Gasteiger partial charge in [-0.25, -0.2) is 9.97 Å². The van der Waals surface area contributed by atoms with Crippen molar-refractivity contribution in [2.24, 2.45) is 0 Å². The summed E-state index contributed by atoms with van der Waals surface area (Å²) in [5.41, 5.74) is 1.10. The summed E-state index contributed by atoms with van der Waals surface area (Å²) in [5.74, 6) is 1.80. The Kier molecular flexibility index (Phi) is 4.17. The molecule has 1 fully saturated rings. The molecule has 1 aromatic rings. The Morgan fingerprint density at radius 3 is 2.78 bits per heavy atom. The van der Waals surface area contributed by atoms with Crippen molar-refractivity contribution in [3.05, 3.63) is 17.6 Å². The first-order valence-electron chi connectivity index (χ1n) is 6.90. The van der Waals surface area contributed by atoms with Crippen LogP contribution in [0.3, 0.4) is 0 Å². The van der Waals surface area contributed by atoms with Crippen molar-refractivity contribution < 1.29 is 0 Å². The highest BCUT2D eigenvalue weighted by Gasteiger charge is 2.28. The van der Waals surface area contributed by atoms with Crippen LogP contribution in [0.25, 0.3) is 0 Å². The van der Waals surface area contributed by atoms with Crippen LogP contribution in [0.1, 0.15) is 38.2 Å². The zero-order chi connectivity index (χ0) is 13.1. The number of likely N-dealkylation sites (N-methyl/N-ethyl adjacent to an activating group) is 1. The molecule has 0 saturated heterocycles. The molecular weight excluding hydrogens is 224 g/mol. The lowest BCUT2D eigenvalue weighted by atomic mass is 10.2. The van der Waals surface area contributed by atoms with E-state index in [0.29, 0.717) is 6.04 Å². The summed E-state index contributed by atoms with van der Waals surface area (Å²) in [6.45, 7) is 7.27. The lowest BCUT2D eigenvalue weighted by molar-refractivity contribution is 0.257. The molecule has 0 aromatic carbocycles. The largest absolute Gasteiger partial charge is 0.368 e. The SMILES string of the molecule is CCc1cc(NCC(C)N(C)C2CC2)nc(C)n1. The first kappa shape index (κ1) is 13.3. The molecule has 1 aromatic heterocycles. The summed E-state index contributed by atoms with van der Waals surface area (Å²) in [6, 6.07) is 3.40. The highest BCUT2D eigenvalue weighted by Crippen LogP contribution is 2.26. The van der Waals surface area contributed by atoms with E-state index in [1.807, 2.05) is 6.92 Å². The molecule has 1 unspecified atom stereocenters. The number of aromatic nitrogens is 2. The second-order valence-corrected chi connectivity index (χ2v) is 5.27. The number of anilines is 1. The molecule has 1 heterocycles. The molecular formula is C14H24N4. The van der Waals surface area contributed by atoms with E-state index in [0.717, 1.165) is 36.3 Å². The van der Waals surface area contributed by atoms with E-state index in [9.17, 15) is 0 Å². The third kappa shape index (κ3) is 3.42. The molecule has 1 aliphatic rings.